The number of hydrogen-bond donors (Lipinski definition) is 1. The molecule has 0 aromatic heterocycles. The zero-order chi connectivity index (χ0) is 47.0. The summed E-state index contributed by atoms with van der Waals surface area (Å²) in [5.41, 5.74) is 0. The minimum atomic E-state index is -1.51. The number of allylic oxidation sites excluding steroid dienone is 12. The van der Waals surface area contributed by atoms with Crippen molar-refractivity contribution in [2.45, 2.75) is 212 Å². The summed E-state index contributed by atoms with van der Waals surface area (Å²) in [6.07, 6.45) is 55.4. The highest BCUT2D eigenvalue weighted by molar-refractivity contribution is 5.71. The molecular formula is C55H96NO8+. The summed E-state index contributed by atoms with van der Waals surface area (Å²) in [6, 6.07) is 0. The zero-order valence-electron chi connectivity index (χ0n) is 41.7. The second-order valence-electron chi connectivity index (χ2n) is 18.1. The summed E-state index contributed by atoms with van der Waals surface area (Å²) in [6.45, 7) is 4.71. The van der Waals surface area contributed by atoms with E-state index >= 15 is 0 Å². The molecule has 0 aliphatic heterocycles. The van der Waals surface area contributed by atoms with Crippen molar-refractivity contribution in [1.29, 1.82) is 0 Å². The number of hydrogen-bond acceptors (Lipinski definition) is 7. The number of carboxylic acid groups (broad SMARTS) is 1. The maximum Gasteiger partial charge on any atom is 0.361 e. The number of nitrogens with zero attached hydrogens (tertiary/aromatic N) is 1. The van der Waals surface area contributed by atoms with Gasteiger partial charge in [-0.3, -0.25) is 9.59 Å². The molecule has 64 heavy (non-hydrogen) atoms. The highest BCUT2D eigenvalue weighted by Crippen LogP contribution is 2.15. The fraction of sp³-hybridized carbons (Fsp3) is 0.727. The Kier molecular flexibility index (Phi) is 43.9. The van der Waals surface area contributed by atoms with E-state index in [-0.39, 0.29) is 38.6 Å². The summed E-state index contributed by atoms with van der Waals surface area (Å²) in [5.74, 6) is -2.03. The first kappa shape index (κ1) is 60.7. The zero-order valence-corrected chi connectivity index (χ0v) is 41.7. The van der Waals surface area contributed by atoms with Gasteiger partial charge in [-0.05, 0) is 83.5 Å². The third kappa shape index (κ3) is 46.7. The van der Waals surface area contributed by atoms with E-state index in [2.05, 4.69) is 86.8 Å². The second-order valence-corrected chi connectivity index (χ2v) is 18.1. The van der Waals surface area contributed by atoms with E-state index in [1.165, 1.54) is 77.0 Å². The number of unbranched alkanes of at least 4 members (excludes halogenated alkanes) is 19. The normalized spacial score (nSPS) is 13.5. The van der Waals surface area contributed by atoms with Crippen LogP contribution in [0.5, 0.6) is 0 Å². The van der Waals surface area contributed by atoms with Gasteiger partial charge in [0.15, 0.2) is 6.10 Å². The maximum atomic E-state index is 12.8. The van der Waals surface area contributed by atoms with E-state index in [9.17, 15) is 19.5 Å². The molecule has 0 aromatic rings. The van der Waals surface area contributed by atoms with Gasteiger partial charge in [0, 0.05) is 12.8 Å². The first-order valence-electron chi connectivity index (χ1n) is 25.6. The predicted octanol–water partition coefficient (Wildman–Crippen LogP) is 14.3. The quantitative estimate of drug-likeness (QED) is 0.0212. The minimum Gasteiger partial charge on any atom is -0.477 e. The van der Waals surface area contributed by atoms with Crippen LogP contribution in [-0.4, -0.2) is 87.4 Å². The Morgan fingerprint density at radius 3 is 1.34 bits per heavy atom. The van der Waals surface area contributed by atoms with Crippen molar-refractivity contribution in [3.63, 3.8) is 0 Å². The van der Waals surface area contributed by atoms with Crippen LogP contribution in [-0.2, 0) is 33.3 Å². The number of ether oxygens (including phenoxy) is 4. The number of carbonyl (C=O) groups is 3. The largest absolute Gasteiger partial charge is 0.477 e. The van der Waals surface area contributed by atoms with Crippen LogP contribution in [0.1, 0.15) is 200 Å². The van der Waals surface area contributed by atoms with Crippen molar-refractivity contribution in [1.82, 2.24) is 0 Å². The van der Waals surface area contributed by atoms with Crippen LogP contribution in [0.4, 0.5) is 0 Å². The van der Waals surface area contributed by atoms with Crippen molar-refractivity contribution in [2.75, 3.05) is 47.5 Å². The molecule has 0 aliphatic carbocycles. The molecule has 9 heteroatoms. The number of carbonyl (C=O) groups excluding carboxylic acids is 2. The SMILES string of the molecule is CC/C=C\C/C=C\C/C=C\C/C=C\C/C=C\CCCCCCCCCCCCCC(=O)OC(COC(=O)CCCCCCC/C=C\CCCCC)COC(OCC[N+](C)(C)C)C(=O)O. The van der Waals surface area contributed by atoms with Crippen LogP contribution in [0.2, 0.25) is 0 Å². The van der Waals surface area contributed by atoms with Crippen molar-refractivity contribution in [3.05, 3.63) is 72.9 Å². The number of rotatable bonds is 46. The minimum absolute atomic E-state index is 0.183. The molecule has 0 saturated carbocycles. The van der Waals surface area contributed by atoms with Crippen molar-refractivity contribution < 1.29 is 42.9 Å². The molecule has 2 unspecified atom stereocenters. The number of aliphatic carboxylic acids is 1. The highest BCUT2D eigenvalue weighted by atomic mass is 16.7. The molecule has 0 bridgehead atoms. The summed E-state index contributed by atoms with van der Waals surface area (Å²) in [5, 5.41) is 9.66. The molecule has 0 saturated heterocycles. The third-order valence-electron chi connectivity index (χ3n) is 10.7. The van der Waals surface area contributed by atoms with Crippen molar-refractivity contribution >= 4 is 17.9 Å². The van der Waals surface area contributed by atoms with E-state index in [0.29, 0.717) is 17.4 Å². The van der Waals surface area contributed by atoms with Crippen LogP contribution in [0.15, 0.2) is 72.9 Å². The van der Waals surface area contributed by atoms with Gasteiger partial charge in [-0.25, -0.2) is 4.79 Å². The van der Waals surface area contributed by atoms with Gasteiger partial charge in [0.1, 0.15) is 13.2 Å². The lowest BCUT2D eigenvalue weighted by Crippen LogP contribution is -2.40. The second kappa shape index (κ2) is 46.3. The standard InChI is InChI=1S/C55H95NO8/c1-6-8-10-12-14-16-18-20-21-22-23-24-25-26-27-28-29-30-31-32-33-34-36-38-40-42-44-46-53(58)64-51(50-63-55(54(59)60)61-48-47-56(3,4)5)49-62-52(57)45-43-41-39-37-35-19-17-15-13-11-9-7-2/h8,10,14-17,20-21,23-24,26-27,51,55H,6-7,9,11-13,18-19,22,25,28-50H2,1-5H3/p+1/b10-8-,16-14-,17-15-,21-20-,24-23-,27-26-. The fourth-order valence-corrected chi connectivity index (χ4v) is 6.74. The Balaban J connectivity index is 4.27. The Hall–Kier alpha value is -3.27. The van der Waals surface area contributed by atoms with E-state index in [1.54, 1.807) is 0 Å². The average Bonchev–Trinajstić information content (AvgIpc) is 3.26. The van der Waals surface area contributed by atoms with Gasteiger partial charge >= 0.3 is 17.9 Å². The van der Waals surface area contributed by atoms with Gasteiger partial charge in [0.25, 0.3) is 6.29 Å². The molecule has 0 radical (unpaired) electrons. The highest BCUT2D eigenvalue weighted by Gasteiger charge is 2.25. The van der Waals surface area contributed by atoms with Crippen LogP contribution in [0.25, 0.3) is 0 Å². The van der Waals surface area contributed by atoms with Crippen LogP contribution >= 0.6 is 0 Å². The summed E-state index contributed by atoms with van der Waals surface area (Å²) in [7, 11) is 5.95. The smallest absolute Gasteiger partial charge is 0.361 e. The molecule has 0 amide bonds. The monoisotopic (exact) mass is 899 g/mol. The maximum absolute atomic E-state index is 12.8. The van der Waals surface area contributed by atoms with E-state index in [0.717, 1.165) is 89.9 Å². The molecule has 1 N–H and O–H groups in total. The van der Waals surface area contributed by atoms with E-state index in [1.807, 2.05) is 21.1 Å². The molecule has 0 spiro atoms. The van der Waals surface area contributed by atoms with Gasteiger partial charge in [0.05, 0.1) is 34.4 Å². The lowest BCUT2D eigenvalue weighted by atomic mass is 10.0. The van der Waals surface area contributed by atoms with E-state index in [4.69, 9.17) is 18.9 Å². The number of carboxylic acids is 1. The first-order valence-corrected chi connectivity index (χ1v) is 25.6. The van der Waals surface area contributed by atoms with Gasteiger partial charge in [0.2, 0.25) is 0 Å². The predicted molar refractivity (Wildman–Crippen MR) is 267 cm³/mol. The van der Waals surface area contributed by atoms with Gasteiger partial charge < -0.3 is 28.5 Å². The summed E-state index contributed by atoms with van der Waals surface area (Å²) < 4.78 is 22.8. The number of quaternary nitrogens is 1. The van der Waals surface area contributed by atoms with E-state index < -0.39 is 24.3 Å². The lowest BCUT2D eigenvalue weighted by Gasteiger charge is -2.25. The fourth-order valence-electron chi connectivity index (χ4n) is 6.74. The number of esters is 2. The molecule has 0 aromatic carbocycles. The van der Waals surface area contributed by atoms with Crippen LogP contribution < -0.4 is 0 Å². The third-order valence-corrected chi connectivity index (χ3v) is 10.7. The molecule has 2 atom stereocenters. The average molecular weight is 899 g/mol. The topological polar surface area (TPSA) is 108 Å². The van der Waals surface area contributed by atoms with Gasteiger partial charge in [-0.15, -0.1) is 0 Å². The Morgan fingerprint density at radius 2 is 0.891 bits per heavy atom. The Labute approximate surface area is 392 Å². The lowest BCUT2D eigenvalue weighted by molar-refractivity contribution is -0.870. The Bertz CT molecular complexity index is 1280. The first-order chi connectivity index (χ1) is 31.1. The van der Waals surface area contributed by atoms with Crippen LogP contribution in [0, 0.1) is 0 Å². The molecule has 0 heterocycles. The summed E-state index contributed by atoms with van der Waals surface area (Å²) in [4.78, 5) is 37.2. The van der Waals surface area contributed by atoms with Crippen molar-refractivity contribution in [2.24, 2.45) is 0 Å². The van der Waals surface area contributed by atoms with Crippen LogP contribution in [0.3, 0.4) is 0 Å². The molecule has 0 fully saturated rings. The van der Waals surface area contributed by atoms with Gasteiger partial charge in [-0.1, -0.05) is 177 Å². The molecule has 368 valence electrons. The molecule has 0 aliphatic rings. The van der Waals surface area contributed by atoms with Gasteiger partial charge in [-0.2, -0.15) is 0 Å². The number of likely N-dealkylation sites (N-methyl/N-ethyl adjacent to an activating group) is 1. The summed E-state index contributed by atoms with van der Waals surface area (Å²) >= 11 is 0. The molecule has 0 rings (SSSR count). The van der Waals surface area contributed by atoms with Crippen molar-refractivity contribution in [3.8, 4) is 0 Å². The molecular weight excluding hydrogens is 803 g/mol. The Morgan fingerprint density at radius 1 is 0.484 bits per heavy atom. The molecule has 9 nitrogen and oxygen atoms in total.